The molecule has 0 aliphatic carbocycles. The van der Waals surface area contributed by atoms with Crippen molar-refractivity contribution in [3.8, 4) is 0 Å². The summed E-state index contributed by atoms with van der Waals surface area (Å²) in [5.74, 6) is -0.657. The number of aryl methyl sites for hydroxylation is 2. The molecule has 1 aromatic carbocycles. The fourth-order valence-electron chi connectivity index (χ4n) is 1.34. The van der Waals surface area contributed by atoms with Gasteiger partial charge in [0.05, 0.1) is 0 Å². The Balaban J connectivity index is 2.72. The highest BCUT2D eigenvalue weighted by Crippen LogP contribution is 2.15. The molecule has 0 radical (unpaired) electrons. The number of rotatable bonds is 4. The maximum atomic E-state index is 13.3. The summed E-state index contributed by atoms with van der Waals surface area (Å²) in [7, 11) is 0. The number of hydrogen-bond acceptors (Lipinski definition) is 1. The van der Waals surface area contributed by atoms with E-state index in [9.17, 15) is 8.78 Å². The first-order valence-electron chi connectivity index (χ1n) is 4.79. The van der Waals surface area contributed by atoms with Crippen LogP contribution in [0, 0.1) is 18.6 Å². The molecule has 0 saturated heterocycles. The number of nitrogens with two attached hydrogens (primary N) is 1. The summed E-state index contributed by atoms with van der Waals surface area (Å²) in [6.07, 6.45) is 2.20. The van der Waals surface area contributed by atoms with Gasteiger partial charge in [-0.1, -0.05) is 0 Å². The van der Waals surface area contributed by atoms with Crippen LogP contribution in [0.15, 0.2) is 12.1 Å². The van der Waals surface area contributed by atoms with Crippen LogP contribution < -0.4 is 5.73 Å². The van der Waals surface area contributed by atoms with Crippen LogP contribution in [0.5, 0.6) is 0 Å². The van der Waals surface area contributed by atoms with Crippen LogP contribution in [0.4, 0.5) is 8.78 Å². The lowest BCUT2D eigenvalue weighted by atomic mass is 10.1. The molecule has 0 aromatic heterocycles. The maximum Gasteiger partial charge on any atom is 0.126 e. The minimum atomic E-state index is -0.339. The highest BCUT2D eigenvalue weighted by Gasteiger charge is 2.06. The second-order valence-corrected chi connectivity index (χ2v) is 3.44. The van der Waals surface area contributed by atoms with Crippen LogP contribution >= 0.6 is 0 Å². The summed E-state index contributed by atoms with van der Waals surface area (Å²) in [6, 6.07) is 2.52. The van der Waals surface area contributed by atoms with Crippen LogP contribution in [0.3, 0.4) is 0 Å². The van der Waals surface area contributed by atoms with Crippen LogP contribution in [-0.4, -0.2) is 6.54 Å². The number of halogens is 2. The molecule has 0 fully saturated rings. The number of unbranched alkanes of at least 4 members (excludes halogenated alkanes) is 1. The monoisotopic (exact) mass is 199 g/mol. The average molecular weight is 199 g/mol. The molecule has 1 nitrogen and oxygen atoms in total. The molecule has 1 rings (SSSR count). The van der Waals surface area contributed by atoms with Gasteiger partial charge in [0.25, 0.3) is 0 Å². The molecule has 0 amide bonds. The highest BCUT2D eigenvalue weighted by molar-refractivity contribution is 5.25. The van der Waals surface area contributed by atoms with Crippen molar-refractivity contribution >= 4 is 0 Å². The van der Waals surface area contributed by atoms with E-state index in [0.717, 1.165) is 12.8 Å². The first kappa shape index (κ1) is 11.1. The van der Waals surface area contributed by atoms with E-state index in [1.165, 1.54) is 12.1 Å². The van der Waals surface area contributed by atoms with Gasteiger partial charge >= 0.3 is 0 Å². The fraction of sp³-hybridized carbons (Fsp3) is 0.455. The van der Waals surface area contributed by atoms with Crippen LogP contribution in [0.2, 0.25) is 0 Å². The van der Waals surface area contributed by atoms with Crippen molar-refractivity contribution in [3.05, 3.63) is 34.9 Å². The van der Waals surface area contributed by atoms with E-state index in [0.29, 0.717) is 24.1 Å². The van der Waals surface area contributed by atoms with Gasteiger partial charge in [-0.05, 0) is 56.0 Å². The quantitative estimate of drug-likeness (QED) is 0.741. The lowest BCUT2D eigenvalue weighted by molar-refractivity contribution is 0.572. The van der Waals surface area contributed by atoms with Crippen molar-refractivity contribution in [2.75, 3.05) is 6.54 Å². The van der Waals surface area contributed by atoms with Crippen LogP contribution in [0.1, 0.15) is 24.0 Å². The molecule has 3 heteroatoms. The normalized spacial score (nSPS) is 10.6. The van der Waals surface area contributed by atoms with Crippen molar-refractivity contribution in [2.24, 2.45) is 5.73 Å². The van der Waals surface area contributed by atoms with Crippen molar-refractivity contribution in [2.45, 2.75) is 26.2 Å². The molecular formula is C11H15F2N. The Hall–Kier alpha value is -0.960. The van der Waals surface area contributed by atoms with E-state index in [1.807, 2.05) is 0 Å². The molecule has 2 N–H and O–H groups in total. The third-order valence-electron chi connectivity index (χ3n) is 2.23. The van der Waals surface area contributed by atoms with Crippen molar-refractivity contribution in [1.82, 2.24) is 0 Å². The van der Waals surface area contributed by atoms with Gasteiger partial charge in [-0.15, -0.1) is 0 Å². The molecule has 1 aromatic rings. The first-order chi connectivity index (χ1) is 6.65. The minimum Gasteiger partial charge on any atom is -0.330 e. The molecular weight excluding hydrogens is 184 g/mol. The summed E-state index contributed by atoms with van der Waals surface area (Å²) in [4.78, 5) is 0. The van der Waals surface area contributed by atoms with Crippen molar-refractivity contribution in [1.29, 1.82) is 0 Å². The molecule has 0 saturated carbocycles. The number of hydrogen-bond donors (Lipinski definition) is 1. The average Bonchev–Trinajstić information content (AvgIpc) is 2.14. The molecule has 0 spiro atoms. The van der Waals surface area contributed by atoms with E-state index in [4.69, 9.17) is 5.73 Å². The molecule has 0 bridgehead atoms. The van der Waals surface area contributed by atoms with Crippen LogP contribution in [-0.2, 0) is 6.42 Å². The SMILES string of the molecule is Cc1cc(F)c(CCCCN)cc1F. The third-order valence-corrected chi connectivity index (χ3v) is 2.23. The summed E-state index contributed by atoms with van der Waals surface area (Å²) in [5.41, 5.74) is 6.11. The zero-order chi connectivity index (χ0) is 10.6. The predicted octanol–water partition coefficient (Wildman–Crippen LogP) is 2.55. The van der Waals surface area contributed by atoms with Gasteiger partial charge in [-0.2, -0.15) is 0 Å². The summed E-state index contributed by atoms with van der Waals surface area (Å²) in [5, 5.41) is 0. The second-order valence-electron chi connectivity index (χ2n) is 3.44. The lowest BCUT2D eigenvalue weighted by Gasteiger charge is -2.04. The lowest BCUT2D eigenvalue weighted by Crippen LogP contribution is -2.00. The van der Waals surface area contributed by atoms with Gasteiger partial charge in [0.15, 0.2) is 0 Å². The molecule has 0 aliphatic rings. The van der Waals surface area contributed by atoms with E-state index >= 15 is 0 Å². The third kappa shape index (κ3) is 2.77. The molecule has 0 atom stereocenters. The standard InChI is InChI=1S/C11H15F2N/c1-8-6-11(13)9(7-10(8)12)4-2-3-5-14/h6-7H,2-5,14H2,1H3. The van der Waals surface area contributed by atoms with Gasteiger partial charge in [-0.25, -0.2) is 8.78 Å². The number of benzene rings is 1. The zero-order valence-corrected chi connectivity index (χ0v) is 8.32. The second kappa shape index (κ2) is 5.05. The van der Waals surface area contributed by atoms with Gasteiger partial charge in [0.2, 0.25) is 0 Å². The maximum absolute atomic E-state index is 13.3. The largest absolute Gasteiger partial charge is 0.330 e. The van der Waals surface area contributed by atoms with E-state index in [2.05, 4.69) is 0 Å². The van der Waals surface area contributed by atoms with E-state index < -0.39 is 0 Å². The molecule has 14 heavy (non-hydrogen) atoms. The molecule has 0 heterocycles. The van der Waals surface area contributed by atoms with Crippen LogP contribution in [0.25, 0.3) is 0 Å². The summed E-state index contributed by atoms with van der Waals surface area (Å²) < 4.78 is 26.3. The minimum absolute atomic E-state index is 0.319. The van der Waals surface area contributed by atoms with Gasteiger partial charge in [0.1, 0.15) is 11.6 Å². The molecule has 0 aliphatic heterocycles. The topological polar surface area (TPSA) is 26.0 Å². The van der Waals surface area contributed by atoms with E-state index in [-0.39, 0.29) is 11.6 Å². The van der Waals surface area contributed by atoms with E-state index in [1.54, 1.807) is 6.92 Å². The van der Waals surface area contributed by atoms with Crippen molar-refractivity contribution < 1.29 is 8.78 Å². The Bertz CT molecular complexity index is 310. The molecule has 78 valence electrons. The zero-order valence-electron chi connectivity index (χ0n) is 8.32. The van der Waals surface area contributed by atoms with Gasteiger partial charge < -0.3 is 5.73 Å². The fourth-order valence-corrected chi connectivity index (χ4v) is 1.34. The predicted molar refractivity (Wildman–Crippen MR) is 53.1 cm³/mol. The smallest absolute Gasteiger partial charge is 0.126 e. The Morgan fingerprint density at radius 2 is 1.86 bits per heavy atom. The van der Waals surface area contributed by atoms with Gasteiger partial charge in [-0.3, -0.25) is 0 Å². The summed E-state index contributed by atoms with van der Waals surface area (Å²) in [6.45, 7) is 2.15. The Morgan fingerprint density at radius 3 is 2.50 bits per heavy atom. The Morgan fingerprint density at radius 1 is 1.14 bits per heavy atom. The Kier molecular flexibility index (Phi) is 4.01. The first-order valence-corrected chi connectivity index (χ1v) is 4.79. The Labute approximate surface area is 82.9 Å². The highest BCUT2D eigenvalue weighted by atomic mass is 19.1. The summed E-state index contributed by atoms with van der Waals surface area (Å²) >= 11 is 0. The van der Waals surface area contributed by atoms with Crippen molar-refractivity contribution in [3.63, 3.8) is 0 Å². The van der Waals surface area contributed by atoms with Gasteiger partial charge in [0, 0.05) is 0 Å². The molecule has 0 unspecified atom stereocenters.